The number of rotatable bonds is 17. The quantitative estimate of drug-likeness (QED) is 0.0836. The third kappa shape index (κ3) is 11.8. The van der Waals surface area contributed by atoms with Crippen molar-refractivity contribution in [3.8, 4) is 5.75 Å². The van der Waals surface area contributed by atoms with E-state index in [1.165, 1.54) is 0 Å². The lowest BCUT2D eigenvalue weighted by Gasteiger charge is -2.39. The molecule has 1 aliphatic rings. The lowest BCUT2D eigenvalue weighted by molar-refractivity contribution is -0.111. The Morgan fingerprint density at radius 1 is 1.00 bits per heavy atom. The molecule has 2 atom stereocenters. The smallest absolute Gasteiger partial charge is 0.192 e. The lowest BCUT2D eigenvalue weighted by atomic mass is 9.96. The molecule has 1 aliphatic carbocycles. The van der Waals surface area contributed by atoms with E-state index in [1.54, 1.807) is 13.2 Å². The molecule has 0 aliphatic heterocycles. The summed E-state index contributed by atoms with van der Waals surface area (Å²) in [6.45, 7) is 15.0. The van der Waals surface area contributed by atoms with Gasteiger partial charge in [0.1, 0.15) is 5.75 Å². The second-order valence-electron chi connectivity index (χ2n) is 11.9. The SMILES string of the molecule is CC/C=C\C[C@@H](C/C=C1\C(=O)C=C[C@@H]1C/C=C\CCCCOCc1ccc(OC)cc1)O[Si](C)(C)C(C)(C)C. The van der Waals surface area contributed by atoms with Gasteiger partial charge in [-0.1, -0.05) is 76.3 Å². The predicted octanol–water partition coefficient (Wildman–Crippen LogP) is 9.15. The topological polar surface area (TPSA) is 44.8 Å². The first-order valence-corrected chi connectivity index (χ1v) is 17.6. The summed E-state index contributed by atoms with van der Waals surface area (Å²) >= 11 is 0. The average Bonchev–Trinajstić information content (AvgIpc) is 3.24. The maximum atomic E-state index is 12.6. The van der Waals surface area contributed by atoms with Crippen LogP contribution in [0.5, 0.6) is 5.75 Å². The van der Waals surface area contributed by atoms with Gasteiger partial charge in [0.25, 0.3) is 0 Å². The zero-order valence-corrected chi connectivity index (χ0v) is 26.5. The fourth-order valence-corrected chi connectivity index (χ4v) is 5.62. The van der Waals surface area contributed by atoms with Crippen LogP contribution in [-0.2, 0) is 20.6 Å². The second-order valence-corrected chi connectivity index (χ2v) is 16.7. The minimum Gasteiger partial charge on any atom is -0.497 e. The van der Waals surface area contributed by atoms with Crippen LogP contribution in [0.2, 0.25) is 18.1 Å². The highest BCUT2D eigenvalue weighted by atomic mass is 28.4. The van der Waals surface area contributed by atoms with Crippen molar-refractivity contribution in [2.75, 3.05) is 13.7 Å². The molecule has 0 fully saturated rings. The van der Waals surface area contributed by atoms with Crippen LogP contribution in [0.1, 0.15) is 78.2 Å². The zero-order chi connectivity index (χ0) is 28.7. The molecule has 1 aromatic rings. The molecular weight excluding hydrogens is 500 g/mol. The van der Waals surface area contributed by atoms with Crippen molar-refractivity contribution in [2.24, 2.45) is 5.92 Å². The van der Waals surface area contributed by atoms with Crippen molar-refractivity contribution in [1.29, 1.82) is 0 Å². The standard InChI is InChI=1S/C34H52O4Si/c1-8-9-13-17-31(38-39(6,7)34(2,3)4)23-24-32-29(20-25-33(32)35)16-14-11-10-12-15-26-37-27-28-18-21-30(36-5)22-19-28/h9,11,13-14,18-22,24-25,29,31H,8,10,12,15-17,23,26-27H2,1-7H3/b13-9-,14-11-,32-24-/t29-,31-/m0/s1. The number of allylic oxidation sites excluding steroid dienone is 6. The molecule has 4 nitrogen and oxygen atoms in total. The summed E-state index contributed by atoms with van der Waals surface area (Å²) in [4.78, 5) is 12.6. The minimum atomic E-state index is -1.89. The van der Waals surface area contributed by atoms with E-state index in [-0.39, 0.29) is 22.8 Å². The third-order valence-corrected chi connectivity index (χ3v) is 12.3. The molecule has 1 aromatic carbocycles. The van der Waals surface area contributed by atoms with Crippen molar-refractivity contribution >= 4 is 14.1 Å². The van der Waals surface area contributed by atoms with E-state index in [9.17, 15) is 4.79 Å². The van der Waals surface area contributed by atoms with Gasteiger partial charge in [0, 0.05) is 18.1 Å². The minimum absolute atomic E-state index is 0.109. The maximum Gasteiger partial charge on any atom is 0.192 e. The molecule has 216 valence electrons. The van der Waals surface area contributed by atoms with E-state index in [0.717, 1.165) is 68.4 Å². The largest absolute Gasteiger partial charge is 0.497 e. The molecule has 2 rings (SSSR count). The Morgan fingerprint density at radius 3 is 2.41 bits per heavy atom. The van der Waals surface area contributed by atoms with Crippen LogP contribution in [0.25, 0.3) is 0 Å². The van der Waals surface area contributed by atoms with E-state index in [1.807, 2.05) is 24.3 Å². The molecule has 0 spiro atoms. The van der Waals surface area contributed by atoms with E-state index < -0.39 is 8.32 Å². The molecule has 0 amide bonds. The Hall–Kier alpha value is -2.21. The molecule has 0 bridgehead atoms. The molecular formula is C34H52O4Si. The molecule has 0 unspecified atom stereocenters. The van der Waals surface area contributed by atoms with Crippen LogP contribution < -0.4 is 4.74 Å². The summed E-state index contributed by atoms with van der Waals surface area (Å²) in [5.41, 5.74) is 2.09. The monoisotopic (exact) mass is 552 g/mol. The van der Waals surface area contributed by atoms with Crippen molar-refractivity contribution in [3.05, 3.63) is 77.9 Å². The summed E-state index contributed by atoms with van der Waals surface area (Å²) in [7, 11) is -0.215. The van der Waals surface area contributed by atoms with Gasteiger partial charge in [-0.25, -0.2) is 0 Å². The number of unbranched alkanes of at least 4 members (excludes halogenated alkanes) is 2. The number of carbonyl (C=O) groups excluding carboxylic acids is 1. The Balaban J connectivity index is 1.78. The molecule has 0 N–H and O–H groups in total. The van der Waals surface area contributed by atoms with Crippen LogP contribution >= 0.6 is 0 Å². The Morgan fingerprint density at radius 2 is 1.74 bits per heavy atom. The van der Waals surface area contributed by atoms with Crippen LogP contribution in [0, 0.1) is 5.92 Å². The Kier molecular flexibility index (Phi) is 14.2. The van der Waals surface area contributed by atoms with Crippen molar-refractivity contribution in [3.63, 3.8) is 0 Å². The molecule has 0 saturated carbocycles. The van der Waals surface area contributed by atoms with E-state index in [4.69, 9.17) is 13.9 Å². The van der Waals surface area contributed by atoms with E-state index in [2.05, 4.69) is 77.2 Å². The molecule has 0 aromatic heterocycles. The van der Waals surface area contributed by atoms with Crippen LogP contribution in [0.4, 0.5) is 0 Å². The highest BCUT2D eigenvalue weighted by Crippen LogP contribution is 2.38. The summed E-state index contributed by atoms with van der Waals surface area (Å²) < 4.78 is 17.7. The van der Waals surface area contributed by atoms with Gasteiger partial charge in [-0.05, 0) is 86.9 Å². The normalized spacial score (nSPS) is 18.2. The van der Waals surface area contributed by atoms with E-state index in [0.29, 0.717) is 6.61 Å². The number of carbonyl (C=O) groups is 1. The van der Waals surface area contributed by atoms with Crippen LogP contribution in [0.3, 0.4) is 0 Å². The van der Waals surface area contributed by atoms with Gasteiger partial charge in [0.05, 0.1) is 19.8 Å². The molecule has 5 heteroatoms. The highest BCUT2D eigenvalue weighted by molar-refractivity contribution is 6.74. The lowest BCUT2D eigenvalue weighted by Crippen LogP contribution is -2.43. The summed E-state index contributed by atoms with van der Waals surface area (Å²) in [6, 6.07) is 8.00. The maximum absolute atomic E-state index is 12.6. The molecule has 0 saturated heterocycles. The van der Waals surface area contributed by atoms with Crippen LogP contribution in [-0.4, -0.2) is 33.9 Å². The number of ether oxygens (including phenoxy) is 2. The Bertz CT molecular complexity index is 979. The fourth-order valence-electron chi connectivity index (χ4n) is 4.24. The molecule has 0 radical (unpaired) electrons. The number of hydrogen-bond acceptors (Lipinski definition) is 4. The number of ketones is 1. The van der Waals surface area contributed by atoms with Gasteiger partial charge in [-0.2, -0.15) is 0 Å². The van der Waals surface area contributed by atoms with Crippen LogP contribution in [0.15, 0.2) is 72.4 Å². The highest BCUT2D eigenvalue weighted by Gasteiger charge is 2.38. The third-order valence-electron chi connectivity index (χ3n) is 7.73. The first-order valence-electron chi connectivity index (χ1n) is 14.7. The van der Waals surface area contributed by atoms with Gasteiger partial charge in [-0.3, -0.25) is 4.79 Å². The summed E-state index contributed by atoms with van der Waals surface area (Å²) in [5, 5.41) is 0.160. The Labute approximate surface area is 239 Å². The van der Waals surface area contributed by atoms with Gasteiger partial charge < -0.3 is 13.9 Å². The summed E-state index contributed by atoms with van der Waals surface area (Å²) in [6.07, 6.45) is 21.7. The van der Waals surface area contributed by atoms with E-state index >= 15 is 0 Å². The number of benzene rings is 1. The predicted molar refractivity (Wildman–Crippen MR) is 167 cm³/mol. The molecule has 39 heavy (non-hydrogen) atoms. The fraction of sp³-hybridized carbons (Fsp3) is 0.559. The van der Waals surface area contributed by atoms with Gasteiger partial charge in [0.15, 0.2) is 14.1 Å². The first kappa shape index (κ1) is 33.0. The van der Waals surface area contributed by atoms with Crippen molar-refractivity contribution < 1.29 is 18.7 Å². The molecule has 0 heterocycles. The van der Waals surface area contributed by atoms with Gasteiger partial charge >= 0.3 is 0 Å². The van der Waals surface area contributed by atoms with Gasteiger partial charge in [-0.15, -0.1) is 0 Å². The first-order chi connectivity index (χ1) is 18.6. The number of hydrogen-bond donors (Lipinski definition) is 0. The van der Waals surface area contributed by atoms with Crippen molar-refractivity contribution in [1.82, 2.24) is 0 Å². The average molecular weight is 553 g/mol. The van der Waals surface area contributed by atoms with Gasteiger partial charge in [0.2, 0.25) is 0 Å². The zero-order valence-electron chi connectivity index (χ0n) is 25.5. The summed E-state index contributed by atoms with van der Waals surface area (Å²) in [5.74, 6) is 1.18. The number of methoxy groups -OCH3 is 1. The second kappa shape index (κ2) is 16.8. The van der Waals surface area contributed by atoms with Crippen molar-refractivity contribution in [2.45, 2.75) is 103 Å².